The molecular formula is C56H38N6S2. The van der Waals surface area contributed by atoms with Gasteiger partial charge in [-0.05, 0) is 116 Å². The molecule has 4 N–H and O–H groups in total. The van der Waals surface area contributed by atoms with Gasteiger partial charge in [0.15, 0.2) is 0 Å². The molecule has 0 aliphatic rings. The van der Waals surface area contributed by atoms with Gasteiger partial charge in [0.1, 0.15) is 21.0 Å². The quantitative estimate of drug-likeness (QED) is 0.148. The number of aromatic nitrogens is 2. The number of hydrogen-bond donors (Lipinski definition) is 2. The highest BCUT2D eigenvalue weighted by atomic mass is 32.1. The van der Waals surface area contributed by atoms with Crippen LogP contribution in [0.15, 0.2) is 207 Å². The number of thiophene rings is 2. The molecule has 304 valence electrons. The first kappa shape index (κ1) is 37.7. The number of anilines is 8. The number of fused-ring (bicyclic) bond motifs is 5. The number of benzene rings is 9. The maximum Gasteiger partial charge on any atom is 0.101 e. The molecule has 0 amide bonds. The van der Waals surface area contributed by atoms with Crippen molar-refractivity contribution in [1.82, 2.24) is 9.97 Å². The second-order valence-electron chi connectivity index (χ2n) is 15.9. The van der Waals surface area contributed by atoms with E-state index in [0.717, 1.165) is 53.6 Å². The van der Waals surface area contributed by atoms with Gasteiger partial charge in [-0.3, -0.25) is 9.97 Å². The molecule has 0 unspecified atom stereocenters. The number of nitrogens with zero attached hydrogens (tertiary/aromatic N) is 4. The van der Waals surface area contributed by atoms with Crippen molar-refractivity contribution < 1.29 is 0 Å². The predicted molar refractivity (Wildman–Crippen MR) is 274 cm³/mol. The Labute approximate surface area is 377 Å². The summed E-state index contributed by atoms with van der Waals surface area (Å²) in [6, 6.07) is 69.0. The summed E-state index contributed by atoms with van der Waals surface area (Å²) < 4.78 is 0. The third kappa shape index (κ3) is 6.47. The summed E-state index contributed by atoms with van der Waals surface area (Å²) in [7, 11) is 0. The van der Waals surface area contributed by atoms with Crippen molar-refractivity contribution in [1.29, 1.82) is 0 Å². The van der Waals surface area contributed by atoms with E-state index in [9.17, 15) is 0 Å². The minimum atomic E-state index is 0.482. The van der Waals surface area contributed by atoms with E-state index in [4.69, 9.17) is 21.4 Å². The van der Waals surface area contributed by atoms with E-state index in [-0.39, 0.29) is 0 Å². The fraction of sp³-hybridized carbons (Fsp3) is 0. The van der Waals surface area contributed by atoms with Gasteiger partial charge in [0.25, 0.3) is 0 Å². The van der Waals surface area contributed by atoms with Crippen molar-refractivity contribution in [2.75, 3.05) is 21.3 Å². The standard InChI is InChI=1S/C56H38N6S2/c57-53-51(47-25-27-49(63-47)61(43-21-17-35-9-1-5-13-39(35)31-43)44-22-18-36-10-2-6-14-40(36)32-44)55-56(60-30-29-59-55)52(54(53)58)48-26-28-50(64-48)62(45-23-19-37-11-3-7-15-41(37)33-45)46-24-20-38-12-4-8-16-42(38)34-46/h1-34H,57-58H2. The largest absolute Gasteiger partial charge is 0.396 e. The highest BCUT2D eigenvalue weighted by Crippen LogP contribution is 2.51. The van der Waals surface area contributed by atoms with Gasteiger partial charge in [-0.25, -0.2) is 0 Å². The van der Waals surface area contributed by atoms with E-state index in [1.54, 1.807) is 35.1 Å². The van der Waals surface area contributed by atoms with E-state index < -0.39 is 0 Å². The van der Waals surface area contributed by atoms with Gasteiger partial charge in [0.05, 0.1) is 11.4 Å². The highest BCUT2D eigenvalue weighted by molar-refractivity contribution is 7.20. The lowest BCUT2D eigenvalue weighted by Gasteiger charge is -2.24. The van der Waals surface area contributed by atoms with Crippen molar-refractivity contribution in [3.05, 3.63) is 207 Å². The predicted octanol–water partition coefficient (Wildman–Crippen LogP) is 15.8. The molecule has 12 aromatic rings. The molecule has 0 fully saturated rings. The van der Waals surface area contributed by atoms with Crippen LogP contribution in [0.1, 0.15) is 0 Å². The molecule has 64 heavy (non-hydrogen) atoms. The van der Waals surface area contributed by atoms with Crippen LogP contribution < -0.4 is 21.3 Å². The van der Waals surface area contributed by atoms with Crippen molar-refractivity contribution in [3.8, 4) is 20.9 Å². The first-order chi connectivity index (χ1) is 31.5. The molecule has 0 aliphatic heterocycles. The third-order valence-corrected chi connectivity index (χ3v) is 14.3. The van der Waals surface area contributed by atoms with E-state index in [2.05, 4.69) is 204 Å². The van der Waals surface area contributed by atoms with Crippen molar-refractivity contribution >= 4 is 121 Å². The Morgan fingerprint density at radius 2 is 0.625 bits per heavy atom. The first-order valence-corrected chi connectivity index (χ1v) is 22.7. The monoisotopic (exact) mass is 858 g/mol. The Morgan fingerprint density at radius 3 is 0.938 bits per heavy atom. The molecule has 0 spiro atoms. The van der Waals surface area contributed by atoms with Crippen LogP contribution in [0, 0.1) is 0 Å². The maximum absolute atomic E-state index is 7.20. The molecule has 3 heterocycles. The summed E-state index contributed by atoms with van der Waals surface area (Å²) in [4.78, 5) is 16.5. The zero-order valence-corrected chi connectivity index (χ0v) is 36.0. The van der Waals surface area contributed by atoms with Gasteiger partial charge in [0.2, 0.25) is 0 Å². The molecule has 12 rings (SSSR count). The summed E-state index contributed by atoms with van der Waals surface area (Å²) in [5.41, 5.74) is 22.6. The number of rotatable bonds is 8. The SMILES string of the molecule is Nc1c(N)c(-c2ccc(N(c3ccc4ccccc4c3)c3ccc4ccccc4c3)s2)c2nccnc2c1-c1ccc(N(c2ccc3ccccc3c2)c2ccc3ccccc3c2)s1. The Morgan fingerprint density at radius 1 is 0.328 bits per heavy atom. The van der Waals surface area contributed by atoms with Crippen LogP contribution in [0.2, 0.25) is 0 Å². The lowest BCUT2D eigenvalue weighted by atomic mass is 10.0. The second kappa shape index (κ2) is 15.4. The van der Waals surface area contributed by atoms with Crippen LogP contribution in [0.4, 0.5) is 44.1 Å². The molecule has 9 aromatic carbocycles. The topological polar surface area (TPSA) is 84.3 Å². The fourth-order valence-corrected chi connectivity index (χ4v) is 11.2. The number of nitrogens with two attached hydrogens (primary N) is 2. The molecule has 3 aromatic heterocycles. The van der Waals surface area contributed by atoms with Crippen molar-refractivity contribution in [2.45, 2.75) is 0 Å². The molecule has 8 heteroatoms. The summed E-state index contributed by atoms with van der Waals surface area (Å²) in [6.07, 6.45) is 3.47. The minimum Gasteiger partial charge on any atom is -0.396 e. The summed E-state index contributed by atoms with van der Waals surface area (Å²) in [5.74, 6) is 0. The molecule has 0 saturated heterocycles. The summed E-state index contributed by atoms with van der Waals surface area (Å²) in [5, 5.41) is 11.5. The maximum atomic E-state index is 7.20. The van der Waals surface area contributed by atoms with Crippen LogP contribution in [0.5, 0.6) is 0 Å². The molecule has 0 bridgehead atoms. The van der Waals surface area contributed by atoms with Gasteiger partial charge in [-0.1, -0.05) is 121 Å². The van der Waals surface area contributed by atoms with Gasteiger partial charge < -0.3 is 21.3 Å². The van der Waals surface area contributed by atoms with Gasteiger partial charge in [-0.15, -0.1) is 22.7 Å². The van der Waals surface area contributed by atoms with Crippen LogP contribution in [0.25, 0.3) is 75.0 Å². The van der Waals surface area contributed by atoms with E-state index in [1.165, 1.54) is 43.1 Å². The zero-order valence-electron chi connectivity index (χ0n) is 34.4. The van der Waals surface area contributed by atoms with Crippen LogP contribution in [0.3, 0.4) is 0 Å². The van der Waals surface area contributed by atoms with Crippen molar-refractivity contribution in [2.24, 2.45) is 0 Å². The Hall–Kier alpha value is -8.04. The summed E-state index contributed by atoms with van der Waals surface area (Å²) in [6.45, 7) is 0. The molecule has 6 nitrogen and oxygen atoms in total. The van der Waals surface area contributed by atoms with Gasteiger partial charge >= 0.3 is 0 Å². The first-order valence-electron chi connectivity index (χ1n) is 21.1. The lowest BCUT2D eigenvalue weighted by molar-refractivity contribution is 1.30. The smallest absolute Gasteiger partial charge is 0.101 e. The summed E-state index contributed by atoms with van der Waals surface area (Å²) >= 11 is 3.31. The molecule has 0 radical (unpaired) electrons. The average molecular weight is 859 g/mol. The Balaban J connectivity index is 0.979. The molecule has 0 atom stereocenters. The third-order valence-electron chi connectivity index (χ3n) is 12.1. The normalized spacial score (nSPS) is 11.6. The van der Waals surface area contributed by atoms with E-state index in [1.807, 2.05) is 0 Å². The minimum absolute atomic E-state index is 0.482. The van der Waals surface area contributed by atoms with Gasteiger partial charge in [0, 0.05) is 56.0 Å². The Kier molecular flexibility index (Phi) is 9.07. The van der Waals surface area contributed by atoms with Crippen molar-refractivity contribution in [3.63, 3.8) is 0 Å². The highest BCUT2D eigenvalue weighted by Gasteiger charge is 2.25. The fourth-order valence-electron chi connectivity index (χ4n) is 8.96. The average Bonchev–Trinajstić information content (AvgIpc) is 4.03. The lowest BCUT2D eigenvalue weighted by Crippen LogP contribution is -2.08. The van der Waals surface area contributed by atoms with Crippen LogP contribution >= 0.6 is 22.7 Å². The molecule has 0 saturated carbocycles. The van der Waals surface area contributed by atoms with Gasteiger partial charge in [-0.2, -0.15) is 0 Å². The number of nitrogen functional groups attached to an aromatic ring is 2. The molecular weight excluding hydrogens is 821 g/mol. The van der Waals surface area contributed by atoms with E-state index in [0.29, 0.717) is 22.4 Å². The van der Waals surface area contributed by atoms with Crippen LogP contribution in [-0.4, -0.2) is 9.97 Å². The van der Waals surface area contributed by atoms with Crippen LogP contribution in [-0.2, 0) is 0 Å². The molecule has 0 aliphatic carbocycles. The Bertz CT molecular complexity index is 3360. The zero-order chi connectivity index (χ0) is 42.7. The second-order valence-corrected chi connectivity index (χ2v) is 18.0. The van der Waals surface area contributed by atoms with E-state index >= 15 is 0 Å². The number of hydrogen-bond acceptors (Lipinski definition) is 8.